The van der Waals surface area contributed by atoms with E-state index in [9.17, 15) is 0 Å². The van der Waals surface area contributed by atoms with Crippen molar-refractivity contribution in [3.05, 3.63) is 15.6 Å². The summed E-state index contributed by atoms with van der Waals surface area (Å²) in [5.74, 6) is 0.666. The van der Waals surface area contributed by atoms with Gasteiger partial charge in [-0.05, 0) is 25.3 Å². The number of methoxy groups -OCH3 is 1. The Labute approximate surface area is 115 Å². The molecule has 0 atom stereocenters. The maximum atomic E-state index is 5.09. The van der Waals surface area contributed by atoms with Crippen LogP contribution in [0.15, 0.2) is 0 Å². The Balaban J connectivity index is 2.65. The molecule has 0 aromatic carbocycles. The molecule has 0 spiro atoms. The largest absolute Gasteiger partial charge is 0.385 e. The molecule has 0 bridgehead atoms. The van der Waals surface area contributed by atoms with Gasteiger partial charge in [0.05, 0.1) is 10.7 Å². The van der Waals surface area contributed by atoms with Crippen LogP contribution in [-0.4, -0.2) is 25.2 Å². The number of aromatic nitrogens is 1. The predicted molar refractivity (Wildman–Crippen MR) is 78.2 cm³/mol. The van der Waals surface area contributed by atoms with Crippen molar-refractivity contribution in [2.45, 2.75) is 46.6 Å². The van der Waals surface area contributed by atoms with E-state index in [1.807, 2.05) is 11.3 Å². The SMILES string of the molecule is CCNCc1sc(CCCOC)nc1CC(C)C. The summed E-state index contributed by atoms with van der Waals surface area (Å²) < 4.78 is 5.09. The van der Waals surface area contributed by atoms with Crippen molar-refractivity contribution in [2.24, 2.45) is 5.92 Å². The number of aryl methyl sites for hydroxylation is 1. The van der Waals surface area contributed by atoms with Gasteiger partial charge >= 0.3 is 0 Å². The molecule has 0 saturated carbocycles. The Morgan fingerprint density at radius 3 is 2.78 bits per heavy atom. The van der Waals surface area contributed by atoms with E-state index in [2.05, 4.69) is 26.1 Å². The number of hydrogen-bond donors (Lipinski definition) is 1. The van der Waals surface area contributed by atoms with Crippen LogP contribution in [0.2, 0.25) is 0 Å². The third kappa shape index (κ3) is 5.46. The summed E-state index contributed by atoms with van der Waals surface area (Å²) in [6.45, 7) is 9.44. The van der Waals surface area contributed by atoms with Gasteiger partial charge in [-0.2, -0.15) is 0 Å². The van der Waals surface area contributed by atoms with Gasteiger partial charge in [-0.1, -0.05) is 20.8 Å². The van der Waals surface area contributed by atoms with Crippen LogP contribution >= 0.6 is 11.3 Å². The first-order valence-electron chi connectivity index (χ1n) is 6.84. The molecule has 4 heteroatoms. The van der Waals surface area contributed by atoms with E-state index >= 15 is 0 Å². The van der Waals surface area contributed by atoms with Gasteiger partial charge in [-0.3, -0.25) is 0 Å². The first-order valence-corrected chi connectivity index (χ1v) is 7.66. The monoisotopic (exact) mass is 270 g/mol. The second-order valence-electron chi connectivity index (χ2n) is 4.95. The highest BCUT2D eigenvalue weighted by atomic mass is 32.1. The Bertz CT molecular complexity index is 337. The van der Waals surface area contributed by atoms with Crippen molar-refractivity contribution in [2.75, 3.05) is 20.3 Å². The minimum absolute atomic E-state index is 0.666. The molecule has 3 nitrogen and oxygen atoms in total. The molecule has 0 aliphatic heterocycles. The van der Waals surface area contributed by atoms with Crippen molar-refractivity contribution < 1.29 is 4.74 Å². The van der Waals surface area contributed by atoms with Gasteiger partial charge in [-0.15, -0.1) is 11.3 Å². The summed E-state index contributed by atoms with van der Waals surface area (Å²) in [5, 5.41) is 4.66. The number of nitrogens with zero attached hydrogens (tertiary/aromatic N) is 1. The summed E-state index contributed by atoms with van der Waals surface area (Å²) in [7, 11) is 1.75. The second kappa shape index (κ2) is 8.62. The Kier molecular flexibility index (Phi) is 7.47. The lowest BCUT2D eigenvalue weighted by atomic mass is 10.1. The van der Waals surface area contributed by atoms with E-state index in [0.29, 0.717) is 5.92 Å². The van der Waals surface area contributed by atoms with E-state index in [-0.39, 0.29) is 0 Å². The minimum atomic E-state index is 0.666. The van der Waals surface area contributed by atoms with Crippen LogP contribution < -0.4 is 5.32 Å². The number of ether oxygens (including phenoxy) is 1. The van der Waals surface area contributed by atoms with Gasteiger partial charge < -0.3 is 10.1 Å². The Morgan fingerprint density at radius 1 is 1.39 bits per heavy atom. The van der Waals surface area contributed by atoms with Crippen LogP contribution in [-0.2, 0) is 24.1 Å². The number of thiazole rings is 1. The summed E-state index contributed by atoms with van der Waals surface area (Å²) >= 11 is 1.86. The van der Waals surface area contributed by atoms with Crippen molar-refractivity contribution >= 4 is 11.3 Å². The molecule has 0 aliphatic carbocycles. The third-order valence-electron chi connectivity index (χ3n) is 2.70. The van der Waals surface area contributed by atoms with Gasteiger partial charge in [0.25, 0.3) is 0 Å². The highest BCUT2D eigenvalue weighted by molar-refractivity contribution is 7.11. The molecule has 1 heterocycles. The van der Waals surface area contributed by atoms with Crippen LogP contribution in [0.3, 0.4) is 0 Å². The summed E-state index contributed by atoms with van der Waals surface area (Å²) in [4.78, 5) is 6.21. The maximum Gasteiger partial charge on any atom is 0.0932 e. The van der Waals surface area contributed by atoms with E-state index in [0.717, 1.165) is 39.0 Å². The van der Waals surface area contributed by atoms with Gasteiger partial charge in [0.15, 0.2) is 0 Å². The molecule has 0 radical (unpaired) electrons. The summed E-state index contributed by atoms with van der Waals surface area (Å²) in [6.07, 6.45) is 3.18. The zero-order chi connectivity index (χ0) is 13.4. The van der Waals surface area contributed by atoms with E-state index < -0.39 is 0 Å². The molecule has 0 fully saturated rings. The normalized spacial score (nSPS) is 11.4. The molecule has 1 N–H and O–H groups in total. The smallest absolute Gasteiger partial charge is 0.0932 e. The van der Waals surface area contributed by atoms with Crippen LogP contribution in [0.5, 0.6) is 0 Å². The van der Waals surface area contributed by atoms with Gasteiger partial charge in [0.1, 0.15) is 0 Å². The maximum absolute atomic E-state index is 5.09. The number of hydrogen-bond acceptors (Lipinski definition) is 4. The zero-order valence-electron chi connectivity index (χ0n) is 12.1. The van der Waals surface area contributed by atoms with Crippen LogP contribution in [0.1, 0.15) is 42.8 Å². The molecule has 0 amide bonds. The fourth-order valence-corrected chi connectivity index (χ4v) is 2.94. The average Bonchev–Trinajstić information content (AvgIpc) is 2.68. The molecule has 0 unspecified atom stereocenters. The molecular formula is C14H26N2OS. The lowest BCUT2D eigenvalue weighted by Crippen LogP contribution is -2.12. The number of rotatable bonds is 9. The van der Waals surface area contributed by atoms with Crippen molar-refractivity contribution in [1.29, 1.82) is 0 Å². The van der Waals surface area contributed by atoms with E-state index in [4.69, 9.17) is 9.72 Å². The molecule has 0 aliphatic rings. The molecule has 104 valence electrons. The Morgan fingerprint density at radius 2 is 2.17 bits per heavy atom. The van der Waals surface area contributed by atoms with Crippen LogP contribution in [0.4, 0.5) is 0 Å². The van der Waals surface area contributed by atoms with Gasteiger partial charge in [-0.25, -0.2) is 4.98 Å². The highest BCUT2D eigenvalue weighted by Gasteiger charge is 2.12. The first kappa shape index (κ1) is 15.6. The fourth-order valence-electron chi connectivity index (χ4n) is 1.83. The summed E-state index contributed by atoms with van der Waals surface area (Å²) in [6, 6.07) is 0. The average molecular weight is 270 g/mol. The minimum Gasteiger partial charge on any atom is -0.385 e. The van der Waals surface area contributed by atoms with Crippen LogP contribution in [0, 0.1) is 5.92 Å². The Hall–Kier alpha value is -0.450. The standard InChI is InChI=1S/C14H26N2OS/c1-5-15-10-13-12(9-11(2)3)16-14(18-13)7-6-8-17-4/h11,15H,5-10H2,1-4H3. The molecule has 18 heavy (non-hydrogen) atoms. The summed E-state index contributed by atoms with van der Waals surface area (Å²) in [5.41, 5.74) is 1.29. The molecule has 0 saturated heterocycles. The molecular weight excluding hydrogens is 244 g/mol. The van der Waals surface area contributed by atoms with Crippen molar-refractivity contribution in [3.8, 4) is 0 Å². The molecule has 1 aromatic heterocycles. The van der Waals surface area contributed by atoms with Gasteiger partial charge in [0.2, 0.25) is 0 Å². The lowest BCUT2D eigenvalue weighted by molar-refractivity contribution is 0.195. The topological polar surface area (TPSA) is 34.1 Å². The van der Waals surface area contributed by atoms with Crippen LogP contribution in [0.25, 0.3) is 0 Å². The molecule has 1 rings (SSSR count). The van der Waals surface area contributed by atoms with E-state index in [1.165, 1.54) is 15.6 Å². The highest BCUT2D eigenvalue weighted by Crippen LogP contribution is 2.22. The van der Waals surface area contributed by atoms with Crippen molar-refractivity contribution in [1.82, 2.24) is 10.3 Å². The van der Waals surface area contributed by atoms with E-state index in [1.54, 1.807) is 7.11 Å². The quantitative estimate of drug-likeness (QED) is 0.700. The fraction of sp³-hybridized carbons (Fsp3) is 0.786. The number of nitrogens with one attached hydrogen (secondary N) is 1. The van der Waals surface area contributed by atoms with Gasteiger partial charge in [0, 0.05) is 31.6 Å². The molecule has 1 aromatic rings. The third-order valence-corrected chi connectivity index (χ3v) is 3.86. The zero-order valence-corrected chi connectivity index (χ0v) is 12.9. The lowest BCUT2D eigenvalue weighted by Gasteiger charge is -2.04. The first-order chi connectivity index (χ1) is 8.67. The predicted octanol–water partition coefficient (Wildman–Crippen LogP) is 3.03. The van der Waals surface area contributed by atoms with Crippen molar-refractivity contribution in [3.63, 3.8) is 0 Å². The second-order valence-corrected chi connectivity index (χ2v) is 6.12.